The molecular weight excluding hydrogens is 510 g/mol. The highest BCUT2D eigenvalue weighted by atomic mass is 35.5. The summed E-state index contributed by atoms with van der Waals surface area (Å²) in [6.45, 7) is 0. The number of nitrogens with one attached hydrogen (secondary N) is 1. The van der Waals surface area contributed by atoms with E-state index in [1.165, 1.54) is 12.1 Å². The second-order valence-electron chi connectivity index (χ2n) is 7.21. The number of nitro groups is 1. The number of benzene rings is 3. The zero-order chi connectivity index (χ0) is 26.5. The summed E-state index contributed by atoms with van der Waals surface area (Å²) in [4.78, 5) is 25.3. The van der Waals surface area contributed by atoms with Gasteiger partial charge in [-0.05, 0) is 42.5 Å². The summed E-state index contributed by atoms with van der Waals surface area (Å²) in [5.74, 6) is 0.505. The zero-order valence-corrected chi connectivity index (χ0v) is 20.3. The Balaban J connectivity index is 0.000000236. The number of halogens is 1. The molecule has 3 aromatic carbocycles. The number of carbonyl (C=O) groups is 1. The Kier molecular flexibility index (Phi) is 8.04. The minimum absolute atomic E-state index is 0.308. The van der Waals surface area contributed by atoms with Crippen LogP contribution in [0.5, 0.6) is 5.75 Å². The van der Waals surface area contributed by atoms with E-state index < -0.39 is 31.4 Å². The standard InChI is InChI=1S/C17H14ClN3O2.C6H6N2O4S/c1-23-13-6-5-10-7-14(16(19)22)17(21-15(10)9-13)20-12-4-2-3-11(18)8-12;7-13(11,12)6-4-2-1-3-5(6)8(9)10/h2-9H,1H3,(H2,19,22)(H,20,21);1-4H,(H2,7,11,12). The van der Waals surface area contributed by atoms with Gasteiger partial charge >= 0.3 is 0 Å². The van der Waals surface area contributed by atoms with Crippen LogP contribution in [0.25, 0.3) is 10.9 Å². The number of nitrogens with zero attached hydrogens (tertiary/aromatic N) is 2. The highest BCUT2D eigenvalue weighted by Crippen LogP contribution is 2.27. The molecule has 4 rings (SSSR count). The fourth-order valence-electron chi connectivity index (χ4n) is 3.11. The van der Waals surface area contributed by atoms with Gasteiger partial charge in [-0.25, -0.2) is 18.5 Å². The van der Waals surface area contributed by atoms with E-state index in [4.69, 9.17) is 27.2 Å². The summed E-state index contributed by atoms with van der Waals surface area (Å²) in [5.41, 5.74) is 6.69. The third-order valence-electron chi connectivity index (χ3n) is 4.75. The molecule has 36 heavy (non-hydrogen) atoms. The van der Waals surface area contributed by atoms with Gasteiger partial charge in [-0.2, -0.15) is 0 Å². The largest absolute Gasteiger partial charge is 0.497 e. The minimum Gasteiger partial charge on any atom is -0.497 e. The smallest absolute Gasteiger partial charge is 0.289 e. The molecule has 0 spiro atoms. The van der Waals surface area contributed by atoms with Crippen LogP contribution < -0.4 is 20.9 Å². The van der Waals surface area contributed by atoms with Gasteiger partial charge in [-0.3, -0.25) is 14.9 Å². The fraction of sp³-hybridized carbons (Fsp3) is 0.0435. The second kappa shape index (κ2) is 11.0. The molecule has 0 aliphatic carbocycles. The molecule has 0 bridgehead atoms. The van der Waals surface area contributed by atoms with E-state index in [0.717, 1.165) is 23.2 Å². The summed E-state index contributed by atoms with van der Waals surface area (Å²) in [6.07, 6.45) is 0. The number of anilines is 2. The molecular formula is C23H20ClN5O6S. The predicted molar refractivity (Wildman–Crippen MR) is 136 cm³/mol. The van der Waals surface area contributed by atoms with Crippen molar-refractivity contribution in [2.24, 2.45) is 10.9 Å². The minimum atomic E-state index is -4.02. The van der Waals surface area contributed by atoms with Crippen molar-refractivity contribution < 1.29 is 22.9 Å². The SMILES string of the molecule is COc1ccc2cc(C(N)=O)c(Nc3cccc(Cl)c3)nc2c1.NS(=O)(=O)c1ccccc1[N+](=O)[O-]. The van der Waals surface area contributed by atoms with E-state index in [1.54, 1.807) is 43.5 Å². The summed E-state index contributed by atoms with van der Waals surface area (Å²) >= 11 is 5.98. The number of para-hydroxylation sites is 1. The van der Waals surface area contributed by atoms with Crippen molar-refractivity contribution in [3.8, 4) is 5.75 Å². The molecule has 0 saturated heterocycles. The Labute approximate surface area is 210 Å². The molecule has 0 fully saturated rings. The number of ether oxygens (including phenoxy) is 1. The van der Waals surface area contributed by atoms with Crippen LogP contribution in [0, 0.1) is 10.1 Å². The van der Waals surface area contributed by atoms with E-state index in [2.05, 4.69) is 10.3 Å². The van der Waals surface area contributed by atoms with Gasteiger partial charge in [0.25, 0.3) is 11.6 Å². The molecule has 1 aromatic heterocycles. The average molecular weight is 530 g/mol. The van der Waals surface area contributed by atoms with Crippen molar-refractivity contribution in [3.63, 3.8) is 0 Å². The summed E-state index contributed by atoms with van der Waals surface area (Å²) in [5, 5.41) is 19.6. The van der Waals surface area contributed by atoms with E-state index in [1.807, 2.05) is 12.1 Å². The van der Waals surface area contributed by atoms with Gasteiger partial charge < -0.3 is 15.8 Å². The molecule has 0 atom stereocenters. The maximum atomic E-state index is 11.7. The van der Waals surface area contributed by atoms with Crippen molar-refractivity contribution in [3.05, 3.63) is 93.5 Å². The van der Waals surface area contributed by atoms with Crippen LogP contribution in [0.15, 0.2) is 77.7 Å². The van der Waals surface area contributed by atoms with Crippen LogP contribution >= 0.6 is 11.6 Å². The number of primary amides is 1. The van der Waals surface area contributed by atoms with E-state index in [9.17, 15) is 23.3 Å². The quantitative estimate of drug-likeness (QED) is 0.247. The second-order valence-corrected chi connectivity index (χ2v) is 9.18. The van der Waals surface area contributed by atoms with Gasteiger partial charge in [0, 0.05) is 28.2 Å². The van der Waals surface area contributed by atoms with Gasteiger partial charge in [-0.1, -0.05) is 29.8 Å². The Morgan fingerprint density at radius 1 is 1.08 bits per heavy atom. The number of hydrogen-bond acceptors (Lipinski definition) is 8. The molecule has 186 valence electrons. The van der Waals surface area contributed by atoms with Crippen molar-refractivity contribution in [1.29, 1.82) is 0 Å². The lowest BCUT2D eigenvalue weighted by Gasteiger charge is -2.11. The number of rotatable bonds is 6. The lowest BCUT2D eigenvalue weighted by Crippen LogP contribution is -2.14. The van der Waals surface area contributed by atoms with Crippen molar-refractivity contribution >= 4 is 55.6 Å². The number of aromatic nitrogens is 1. The number of fused-ring (bicyclic) bond motifs is 1. The van der Waals surface area contributed by atoms with Crippen LogP contribution in [0.2, 0.25) is 5.02 Å². The van der Waals surface area contributed by atoms with Crippen molar-refractivity contribution in [1.82, 2.24) is 4.98 Å². The summed E-state index contributed by atoms with van der Waals surface area (Å²) in [7, 11) is -2.43. The fourth-order valence-corrected chi connectivity index (χ4v) is 4.00. The normalized spacial score (nSPS) is 10.8. The molecule has 0 aliphatic rings. The number of amides is 1. The van der Waals surface area contributed by atoms with Crippen LogP contribution in [0.3, 0.4) is 0 Å². The molecule has 1 amide bonds. The first kappa shape index (κ1) is 26.3. The number of nitro benzene ring substituents is 1. The monoisotopic (exact) mass is 529 g/mol. The molecule has 0 aliphatic heterocycles. The highest BCUT2D eigenvalue weighted by molar-refractivity contribution is 7.89. The maximum absolute atomic E-state index is 11.7. The molecule has 0 saturated carbocycles. The molecule has 1 heterocycles. The molecule has 4 aromatic rings. The van der Waals surface area contributed by atoms with Gasteiger partial charge in [-0.15, -0.1) is 0 Å². The number of pyridine rings is 1. The molecule has 11 nitrogen and oxygen atoms in total. The predicted octanol–water partition coefficient (Wildman–Crippen LogP) is 3.98. The van der Waals surface area contributed by atoms with Gasteiger partial charge in [0.05, 0.1) is 23.1 Å². The van der Waals surface area contributed by atoms with Crippen LogP contribution in [-0.4, -0.2) is 31.3 Å². The first-order valence-electron chi connectivity index (χ1n) is 10.1. The van der Waals surface area contributed by atoms with Crippen molar-refractivity contribution in [2.45, 2.75) is 4.90 Å². The van der Waals surface area contributed by atoms with Gasteiger partial charge in [0.1, 0.15) is 11.6 Å². The van der Waals surface area contributed by atoms with Gasteiger partial charge in [0.15, 0.2) is 4.90 Å². The third kappa shape index (κ3) is 6.44. The summed E-state index contributed by atoms with van der Waals surface area (Å²) in [6, 6.07) is 19.2. The zero-order valence-electron chi connectivity index (χ0n) is 18.7. The highest BCUT2D eigenvalue weighted by Gasteiger charge is 2.21. The Morgan fingerprint density at radius 3 is 2.39 bits per heavy atom. The van der Waals surface area contributed by atoms with Gasteiger partial charge in [0.2, 0.25) is 10.0 Å². The number of sulfonamides is 1. The lowest BCUT2D eigenvalue weighted by molar-refractivity contribution is -0.387. The number of primary sulfonamides is 1. The Hall–Kier alpha value is -4.26. The molecule has 5 N–H and O–H groups in total. The number of methoxy groups -OCH3 is 1. The van der Waals surface area contributed by atoms with Crippen molar-refractivity contribution in [2.75, 3.05) is 12.4 Å². The van der Waals surface area contributed by atoms with E-state index in [-0.39, 0.29) is 0 Å². The lowest BCUT2D eigenvalue weighted by atomic mass is 10.1. The Bertz CT molecular complexity index is 1560. The van der Waals surface area contributed by atoms with Crippen LogP contribution in [-0.2, 0) is 10.0 Å². The summed E-state index contributed by atoms with van der Waals surface area (Å²) < 4.78 is 26.9. The molecule has 13 heteroatoms. The first-order chi connectivity index (χ1) is 17.0. The maximum Gasteiger partial charge on any atom is 0.289 e. The number of hydrogen-bond donors (Lipinski definition) is 3. The average Bonchev–Trinajstić information content (AvgIpc) is 2.83. The number of nitrogens with two attached hydrogens (primary N) is 2. The topological polar surface area (TPSA) is 181 Å². The van der Waals surface area contributed by atoms with Crippen LogP contribution in [0.4, 0.5) is 17.2 Å². The van der Waals surface area contributed by atoms with E-state index in [0.29, 0.717) is 27.7 Å². The third-order valence-corrected chi connectivity index (χ3v) is 5.94. The molecule has 0 unspecified atom stereocenters. The van der Waals surface area contributed by atoms with E-state index >= 15 is 0 Å². The molecule has 0 radical (unpaired) electrons. The van der Waals surface area contributed by atoms with Crippen LogP contribution in [0.1, 0.15) is 10.4 Å². The number of carbonyl (C=O) groups excluding carboxylic acids is 1. The first-order valence-corrected chi connectivity index (χ1v) is 12.0. The Morgan fingerprint density at radius 2 is 1.81 bits per heavy atom.